The topological polar surface area (TPSA) is 63.7 Å². The second-order valence-corrected chi connectivity index (χ2v) is 11.8. The van der Waals surface area contributed by atoms with Crippen LogP contribution in [0.25, 0.3) is 33.4 Å². The number of para-hydroxylation sites is 1. The van der Waals surface area contributed by atoms with E-state index < -0.39 is 0 Å². The number of aryl methyl sites for hydroxylation is 2. The second kappa shape index (κ2) is 9.09. The van der Waals surface area contributed by atoms with Crippen molar-refractivity contribution < 1.29 is 4.74 Å². The summed E-state index contributed by atoms with van der Waals surface area (Å²) in [7, 11) is 2.06. The number of pyridine rings is 3. The van der Waals surface area contributed by atoms with Gasteiger partial charge in [0.05, 0.1) is 29.8 Å². The Kier molecular flexibility index (Phi) is 5.57. The summed E-state index contributed by atoms with van der Waals surface area (Å²) < 4.78 is 10.7. The summed E-state index contributed by atoms with van der Waals surface area (Å²) in [6.45, 7) is 11.5. The van der Waals surface area contributed by atoms with Gasteiger partial charge in [-0.25, -0.2) is 9.97 Å². The molecule has 1 aliphatic heterocycles. The molecule has 1 aromatic carbocycles. The van der Waals surface area contributed by atoms with Gasteiger partial charge in [-0.05, 0) is 49.1 Å². The lowest BCUT2D eigenvalue weighted by molar-refractivity contribution is 0.461. The maximum atomic E-state index is 6.49. The number of hydrogen-bond donors (Lipinski definition) is 0. The molecule has 0 atom stereocenters. The fourth-order valence-electron chi connectivity index (χ4n) is 5.52. The van der Waals surface area contributed by atoms with Crippen LogP contribution >= 0.6 is 0 Å². The number of hydrogen-bond acceptors (Lipinski definition) is 6. The molecule has 0 amide bonds. The Labute approximate surface area is 239 Å². The standard InChI is InChI=1S/C33H33N7O/c1-21-22(2)39-19-24(18-28(32(39)35-21)38-16-15-37(6)20-38)41-30-12-11-26-25-9-7-8-10-27(25)40(31(26)36-30)29-17-23(13-14-34-29)33(3,4)5/h7-19H,20H2,1-6H3. The SMILES string of the molecule is Cc1nc2c(N3C=CN(C)C3)cc(Oc3ccc4c5ccccc5n(-c5cc(C(C)(C)C)ccn5)c4n3)cn2c1C. The summed E-state index contributed by atoms with van der Waals surface area (Å²) in [6, 6.07) is 18.7. The average molecular weight is 544 g/mol. The number of aromatic nitrogens is 5. The van der Waals surface area contributed by atoms with E-state index in [0.717, 1.165) is 57.1 Å². The van der Waals surface area contributed by atoms with Crippen molar-refractivity contribution in [2.75, 3.05) is 18.6 Å². The molecular formula is C33H33N7O. The zero-order valence-electron chi connectivity index (χ0n) is 24.3. The van der Waals surface area contributed by atoms with Crippen molar-refractivity contribution in [2.45, 2.75) is 40.0 Å². The van der Waals surface area contributed by atoms with Gasteiger partial charge in [0.25, 0.3) is 0 Å². The Balaban J connectivity index is 1.37. The van der Waals surface area contributed by atoms with E-state index in [1.165, 1.54) is 5.56 Å². The van der Waals surface area contributed by atoms with E-state index in [-0.39, 0.29) is 5.41 Å². The molecule has 0 unspecified atom stereocenters. The minimum Gasteiger partial charge on any atom is -0.437 e. The Morgan fingerprint density at radius 1 is 0.878 bits per heavy atom. The first kappa shape index (κ1) is 25.1. The molecule has 8 nitrogen and oxygen atoms in total. The molecule has 0 fully saturated rings. The van der Waals surface area contributed by atoms with E-state index in [4.69, 9.17) is 19.7 Å². The quantitative estimate of drug-likeness (QED) is 0.236. The van der Waals surface area contributed by atoms with Crippen LogP contribution in [0.1, 0.15) is 37.7 Å². The third-order valence-electron chi connectivity index (χ3n) is 7.90. The van der Waals surface area contributed by atoms with Crippen molar-refractivity contribution in [3.8, 4) is 17.4 Å². The van der Waals surface area contributed by atoms with Crippen LogP contribution in [0.3, 0.4) is 0 Å². The highest BCUT2D eigenvalue weighted by molar-refractivity contribution is 6.07. The fourth-order valence-corrected chi connectivity index (χ4v) is 5.52. The lowest BCUT2D eigenvalue weighted by atomic mass is 9.88. The van der Waals surface area contributed by atoms with Crippen molar-refractivity contribution in [3.63, 3.8) is 0 Å². The van der Waals surface area contributed by atoms with Gasteiger partial charge in [-0.15, -0.1) is 0 Å². The van der Waals surface area contributed by atoms with Crippen LogP contribution < -0.4 is 9.64 Å². The molecule has 6 heterocycles. The van der Waals surface area contributed by atoms with Gasteiger partial charge in [0.2, 0.25) is 5.88 Å². The van der Waals surface area contributed by atoms with E-state index in [0.29, 0.717) is 11.6 Å². The van der Waals surface area contributed by atoms with Crippen LogP contribution in [0, 0.1) is 13.8 Å². The van der Waals surface area contributed by atoms with Gasteiger partial charge in [0, 0.05) is 54.2 Å². The lowest BCUT2D eigenvalue weighted by Crippen LogP contribution is -2.22. The van der Waals surface area contributed by atoms with Crippen molar-refractivity contribution in [1.29, 1.82) is 0 Å². The molecule has 1 aliphatic rings. The van der Waals surface area contributed by atoms with E-state index in [1.807, 2.05) is 31.5 Å². The summed E-state index contributed by atoms with van der Waals surface area (Å²) in [5.74, 6) is 2.05. The van der Waals surface area contributed by atoms with E-state index >= 15 is 0 Å². The highest BCUT2D eigenvalue weighted by atomic mass is 16.5. The van der Waals surface area contributed by atoms with Gasteiger partial charge in [0.1, 0.15) is 11.6 Å². The molecule has 0 aliphatic carbocycles. The molecule has 0 spiro atoms. The third-order valence-corrected chi connectivity index (χ3v) is 7.90. The predicted octanol–water partition coefficient (Wildman–Crippen LogP) is 7.11. The molecule has 0 saturated carbocycles. The number of benzene rings is 1. The molecule has 41 heavy (non-hydrogen) atoms. The van der Waals surface area contributed by atoms with Gasteiger partial charge in [-0.1, -0.05) is 39.0 Å². The van der Waals surface area contributed by atoms with Gasteiger partial charge < -0.3 is 14.5 Å². The maximum absolute atomic E-state index is 6.49. The molecular weight excluding hydrogens is 510 g/mol. The molecule has 0 radical (unpaired) electrons. The Morgan fingerprint density at radius 3 is 2.49 bits per heavy atom. The van der Waals surface area contributed by atoms with Crippen LogP contribution in [-0.2, 0) is 5.41 Å². The third kappa shape index (κ3) is 4.18. The van der Waals surface area contributed by atoms with Crippen molar-refractivity contribution in [1.82, 2.24) is 28.8 Å². The van der Waals surface area contributed by atoms with Crippen LogP contribution in [-0.4, -0.2) is 42.5 Å². The minimum absolute atomic E-state index is 0.00234. The summed E-state index contributed by atoms with van der Waals surface area (Å²) in [5.41, 5.74) is 7.04. The second-order valence-electron chi connectivity index (χ2n) is 11.8. The fraction of sp³-hybridized carbons (Fsp3) is 0.242. The largest absolute Gasteiger partial charge is 0.437 e. The number of ether oxygens (including phenoxy) is 1. The molecule has 206 valence electrons. The number of imidazole rings is 1. The molecule has 6 aromatic rings. The molecule has 8 heteroatoms. The van der Waals surface area contributed by atoms with E-state index in [2.05, 4.69) is 108 Å². The molecule has 5 aromatic heterocycles. The van der Waals surface area contributed by atoms with Crippen LogP contribution in [0.2, 0.25) is 0 Å². The Bertz CT molecular complexity index is 1990. The summed E-state index contributed by atoms with van der Waals surface area (Å²) in [5, 5.41) is 2.18. The summed E-state index contributed by atoms with van der Waals surface area (Å²) in [4.78, 5) is 19.0. The van der Waals surface area contributed by atoms with Crippen LogP contribution in [0.4, 0.5) is 5.69 Å². The van der Waals surface area contributed by atoms with E-state index in [1.54, 1.807) is 0 Å². The smallest absolute Gasteiger partial charge is 0.221 e. The zero-order valence-corrected chi connectivity index (χ0v) is 24.3. The summed E-state index contributed by atoms with van der Waals surface area (Å²) in [6.07, 6.45) is 8.00. The highest BCUT2D eigenvalue weighted by Gasteiger charge is 2.21. The molecule has 7 rings (SSSR count). The van der Waals surface area contributed by atoms with Crippen molar-refractivity contribution in [3.05, 3.63) is 96.3 Å². The molecule has 0 N–H and O–H groups in total. The summed E-state index contributed by atoms with van der Waals surface area (Å²) >= 11 is 0. The van der Waals surface area contributed by atoms with Gasteiger partial charge in [0.15, 0.2) is 11.3 Å². The maximum Gasteiger partial charge on any atom is 0.221 e. The Hall–Kier alpha value is -4.85. The first-order valence-corrected chi connectivity index (χ1v) is 13.9. The van der Waals surface area contributed by atoms with Crippen molar-refractivity contribution in [2.24, 2.45) is 0 Å². The molecule has 0 saturated heterocycles. The van der Waals surface area contributed by atoms with E-state index in [9.17, 15) is 0 Å². The predicted molar refractivity (Wildman–Crippen MR) is 164 cm³/mol. The van der Waals surface area contributed by atoms with Crippen molar-refractivity contribution >= 4 is 33.3 Å². The van der Waals surface area contributed by atoms with Gasteiger partial charge in [-0.3, -0.25) is 8.97 Å². The van der Waals surface area contributed by atoms with Crippen LogP contribution in [0.15, 0.2) is 79.4 Å². The van der Waals surface area contributed by atoms with Gasteiger partial charge >= 0.3 is 0 Å². The number of fused-ring (bicyclic) bond motifs is 4. The zero-order chi connectivity index (χ0) is 28.5. The lowest BCUT2D eigenvalue weighted by Gasteiger charge is -2.20. The minimum atomic E-state index is -0.00234. The van der Waals surface area contributed by atoms with Gasteiger partial charge in [-0.2, -0.15) is 4.98 Å². The van der Waals surface area contributed by atoms with Crippen LogP contribution in [0.5, 0.6) is 11.6 Å². The first-order chi connectivity index (χ1) is 19.7. The molecule has 0 bridgehead atoms. The Morgan fingerprint density at radius 2 is 1.71 bits per heavy atom. The first-order valence-electron chi connectivity index (χ1n) is 13.9. The normalized spacial score (nSPS) is 13.8. The monoisotopic (exact) mass is 543 g/mol. The average Bonchev–Trinajstić information content (AvgIpc) is 3.61. The number of anilines is 1. The number of rotatable bonds is 4. The number of nitrogens with zero attached hydrogens (tertiary/aromatic N) is 7. The highest BCUT2D eigenvalue weighted by Crippen LogP contribution is 2.35.